The molecule has 0 radical (unpaired) electrons. The number of aromatic nitrogens is 2. The lowest BCUT2D eigenvalue weighted by Crippen LogP contribution is -2.46. The van der Waals surface area contributed by atoms with E-state index in [4.69, 9.17) is 9.47 Å². The maximum absolute atomic E-state index is 13.2. The minimum atomic E-state index is -3.32. The van der Waals surface area contributed by atoms with Crippen molar-refractivity contribution in [1.29, 1.82) is 5.26 Å². The fourth-order valence-corrected chi connectivity index (χ4v) is 7.27. The third-order valence-corrected chi connectivity index (χ3v) is 9.23. The van der Waals surface area contributed by atoms with Crippen LogP contribution in [0.5, 0.6) is 0 Å². The van der Waals surface area contributed by atoms with E-state index in [-0.39, 0.29) is 23.8 Å². The summed E-state index contributed by atoms with van der Waals surface area (Å²) in [5.74, 6) is 0.360. The summed E-state index contributed by atoms with van der Waals surface area (Å²) in [6.45, 7) is 2.03. The van der Waals surface area contributed by atoms with E-state index >= 15 is 0 Å². The van der Waals surface area contributed by atoms with E-state index < -0.39 is 10.0 Å². The van der Waals surface area contributed by atoms with Gasteiger partial charge in [0.1, 0.15) is 11.7 Å². The number of methoxy groups -OCH3 is 1. The topological polar surface area (TPSA) is 112 Å². The Kier molecular flexibility index (Phi) is 8.09. The first-order valence-electron chi connectivity index (χ1n) is 12.1. The first kappa shape index (κ1) is 24.9. The molecule has 1 atom stereocenters. The average Bonchev–Trinajstić information content (AvgIpc) is 3.32. The average molecular weight is 490 g/mol. The Morgan fingerprint density at radius 2 is 2.06 bits per heavy atom. The summed E-state index contributed by atoms with van der Waals surface area (Å²) in [6, 6.07) is 4.49. The van der Waals surface area contributed by atoms with E-state index in [1.807, 2.05) is 19.3 Å². The van der Waals surface area contributed by atoms with Crippen LogP contribution in [0.25, 0.3) is 11.0 Å². The van der Waals surface area contributed by atoms with Crippen molar-refractivity contribution >= 4 is 26.7 Å². The number of hydrogen-bond donors (Lipinski definition) is 1. The van der Waals surface area contributed by atoms with Gasteiger partial charge in [0.2, 0.25) is 10.0 Å². The van der Waals surface area contributed by atoms with Crippen molar-refractivity contribution in [3.8, 4) is 6.07 Å². The molecule has 0 aromatic carbocycles. The second-order valence-electron chi connectivity index (χ2n) is 9.42. The van der Waals surface area contributed by atoms with Gasteiger partial charge in [-0.05, 0) is 50.5 Å². The van der Waals surface area contributed by atoms with Gasteiger partial charge in [-0.3, -0.25) is 0 Å². The molecule has 2 fully saturated rings. The SMILES string of the molecule is COCCOC1CCCN(S(=O)(=O)CC2CCC(N(C)c3c(C#N)cnc4[nH]ccc34)CC2)C1. The number of H-pyrrole nitrogens is 1. The maximum Gasteiger partial charge on any atom is 0.214 e. The number of pyridine rings is 1. The molecule has 186 valence electrons. The quantitative estimate of drug-likeness (QED) is 0.539. The summed E-state index contributed by atoms with van der Waals surface area (Å²) >= 11 is 0. The van der Waals surface area contributed by atoms with Gasteiger partial charge in [-0.15, -0.1) is 0 Å². The molecule has 34 heavy (non-hydrogen) atoms. The number of aromatic amines is 1. The molecule has 0 bridgehead atoms. The maximum atomic E-state index is 13.2. The third kappa shape index (κ3) is 5.54. The zero-order chi connectivity index (χ0) is 24.1. The molecule has 1 saturated heterocycles. The monoisotopic (exact) mass is 489 g/mol. The molecule has 2 aromatic heterocycles. The van der Waals surface area contributed by atoms with Crippen LogP contribution in [0.1, 0.15) is 44.1 Å². The van der Waals surface area contributed by atoms with Crippen LogP contribution >= 0.6 is 0 Å². The number of ether oxygens (including phenoxy) is 2. The van der Waals surface area contributed by atoms with Crippen LogP contribution in [0, 0.1) is 17.2 Å². The molecule has 1 aliphatic carbocycles. The summed E-state index contributed by atoms with van der Waals surface area (Å²) in [6.07, 6.45) is 8.65. The first-order chi connectivity index (χ1) is 16.4. The zero-order valence-electron chi connectivity index (χ0n) is 20.1. The van der Waals surface area contributed by atoms with Gasteiger partial charge in [0.25, 0.3) is 0 Å². The van der Waals surface area contributed by atoms with Gasteiger partial charge in [-0.2, -0.15) is 9.57 Å². The van der Waals surface area contributed by atoms with E-state index in [0.717, 1.165) is 55.2 Å². The number of nitrogens with one attached hydrogen (secondary N) is 1. The van der Waals surface area contributed by atoms with Crippen molar-refractivity contribution < 1.29 is 17.9 Å². The van der Waals surface area contributed by atoms with Crippen molar-refractivity contribution in [2.24, 2.45) is 5.92 Å². The van der Waals surface area contributed by atoms with Gasteiger partial charge in [0, 0.05) is 51.1 Å². The summed E-state index contributed by atoms with van der Waals surface area (Å²) in [5.41, 5.74) is 2.23. The molecule has 9 nitrogen and oxygen atoms in total. The summed E-state index contributed by atoms with van der Waals surface area (Å²) in [5, 5.41) is 10.6. The molecule has 1 saturated carbocycles. The molecule has 1 unspecified atom stereocenters. The Morgan fingerprint density at radius 3 is 2.79 bits per heavy atom. The Bertz CT molecular complexity index is 1100. The molecular weight excluding hydrogens is 454 g/mol. The number of fused-ring (bicyclic) bond motifs is 1. The van der Waals surface area contributed by atoms with Crippen LogP contribution in [0.2, 0.25) is 0 Å². The predicted molar refractivity (Wildman–Crippen MR) is 131 cm³/mol. The third-order valence-electron chi connectivity index (χ3n) is 7.22. The Labute approximate surface area is 202 Å². The van der Waals surface area contributed by atoms with Gasteiger partial charge in [0.15, 0.2) is 0 Å². The molecule has 1 aliphatic heterocycles. The largest absolute Gasteiger partial charge is 0.382 e. The lowest BCUT2D eigenvalue weighted by atomic mass is 9.86. The van der Waals surface area contributed by atoms with E-state index in [2.05, 4.69) is 20.9 Å². The van der Waals surface area contributed by atoms with Crippen LogP contribution in [0.4, 0.5) is 5.69 Å². The van der Waals surface area contributed by atoms with Gasteiger partial charge in [0.05, 0.1) is 36.3 Å². The van der Waals surface area contributed by atoms with Gasteiger partial charge in [-0.1, -0.05) is 0 Å². The number of nitrogens with zero attached hydrogens (tertiary/aromatic N) is 4. The molecule has 0 amide bonds. The number of sulfonamides is 1. The second kappa shape index (κ2) is 11.0. The van der Waals surface area contributed by atoms with Crippen molar-refractivity contribution in [2.75, 3.05) is 51.1 Å². The smallest absolute Gasteiger partial charge is 0.214 e. The van der Waals surface area contributed by atoms with Crippen LogP contribution < -0.4 is 4.90 Å². The molecule has 10 heteroatoms. The summed E-state index contributed by atoms with van der Waals surface area (Å²) in [4.78, 5) is 9.64. The lowest BCUT2D eigenvalue weighted by molar-refractivity contribution is -0.00658. The van der Waals surface area contributed by atoms with E-state index in [1.165, 1.54) is 0 Å². The second-order valence-corrected chi connectivity index (χ2v) is 11.4. The lowest BCUT2D eigenvalue weighted by Gasteiger charge is -2.37. The zero-order valence-corrected chi connectivity index (χ0v) is 20.9. The highest BCUT2D eigenvalue weighted by Crippen LogP contribution is 2.35. The number of anilines is 1. The van der Waals surface area contributed by atoms with Crippen molar-refractivity contribution in [1.82, 2.24) is 14.3 Å². The van der Waals surface area contributed by atoms with E-state index in [9.17, 15) is 13.7 Å². The molecule has 4 rings (SSSR count). The summed E-state index contributed by atoms with van der Waals surface area (Å²) in [7, 11) is 0.347. The standard InChI is InChI=1S/C24H35N5O4S/c1-28(23-19(14-25)15-27-24-22(23)9-10-26-24)20-7-5-18(6-8-20)17-34(30,31)29-11-3-4-21(16-29)33-13-12-32-2/h9-10,15,18,20-21H,3-8,11-13,16-17H2,1-2H3,(H,26,27). The highest BCUT2D eigenvalue weighted by atomic mass is 32.2. The Hall–Kier alpha value is -2.19. The van der Waals surface area contributed by atoms with Crippen molar-refractivity contribution in [3.63, 3.8) is 0 Å². The molecule has 3 heterocycles. The molecule has 0 spiro atoms. The van der Waals surface area contributed by atoms with Crippen LogP contribution in [0.3, 0.4) is 0 Å². The number of hydrogen-bond acceptors (Lipinski definition) is 7. The minimum Gasteiger partial charge on any atom is -0.382 e. The molecule has 2 aliphatic rings. The minimum absolute atomic E-state index is 0.0528. The number of rotatable bonds is 9. The molecule has 2 aromatic rings. The van der Waals surface area contributed by atoms with Crippen LogP contribution in [-0.4, -0.2) is 81.1 Å². The van der Waals surface area contributed by atoms with E-state index in [0.29, 0.717) is 31.9 Å². The molecule has 1 N–H and O–H groups in total. The van der Waals surface area contributed by atoms with Crippen molar-refractivity contribution in [2.45, 2.75) is 50.7 Å². The summed E-state index contributed by atoms with van der Waals surface area (Å²) < 4.78 is 38.8. The fourth-order valence-electron chi connectivity index (χ4n) is 5.33. The molecular formula is C24H35N5O4S. The fraction of sp³-hybridized carbons (Fsp3) is 0.667. The van der Waals surface area contributed by atoms with E-state index in [1.54, 1.807) is 17.6 Å². The van der Waals surface area contributed by atoms with Crippen LogP contribution in [-0.2, 0) is 19.5 Å². The Balaban J connectivity index is 1.34. The number of nitriles is 1. The predicted octanol–water partition coefficient (Wildman–Crippen LogP) is 2.89. The highest BCUT2D eigenvalue weighted by Gasteiger charge is 2.34. The van der Waals surface area contributed by atoms with Gasteiger partial charge in [-0.25, -0.2) is 13.4 Å². The van der Waals surface area contributed by atoms with Crippen molar-refractivity contribution in [3.05, 3.63) is 24.0 Å². The Morgan fingerprint density at radius 1 is 1.26 bits per heavy atom. The number of piperidine rings is 1. The van der Waals surface area contributed by atoms with Gasteiger partial charge >= 0.3 is 0 Å². The highest BCUT2D eigenvalue weighted by molar-refractivity contribution is 7.89. The van der Waals surface area contributed by atoms with Crippen LogP contribution in [0.15, 0.2) is 18.5 Å². The first-order valence-corrected chi connectivity index (χ1v) is 13.7. The normalized spacial score (nSPS) is 24.2. The van der Waals surface area contributed by atoms with Gasteiger partial charge < -0.3 is 19.4 Å².